The summed E-state index contributed by atoms with van der Waals surface area (Å²) in [7, 11) is 0. The van der Waals surface area contributed by atoms with Crippen molar-refractivity contribution < 1.29 is 9.72 Å². The van der Waals surface area contributed by atoms with E-state index in [1.807, 2.05) is 24.3 Å². The standard InChI is InChI=1S/C16H11N3O3S/c20-15-14(11-6-5-10(19(21)22)7-13(11)17-15)16-18-12-4-2-1-3-9(12)8-23-16/h1-7,14H,8H2,(H,17,20). The first-order chi connectivity index (χ1) is 11.1. The Morgan fingerprint density at radius 2 is 2.09 bits per heavy atom. The Hall–Kier alpha value is -2.67. The van der Waals surface area contributed by atoms with E-state index in [2.05, 4.69) is 10.3 Å². The van der Waals surface area contributed by atoms with Gasteiger partial charge in [0.05, 0.1) is 21.3 Å². The van der Waals surface area contributed by atoms with Gasteiger partial charge in [-0.1, -0.05) is 18.2 Å². The molecule has 1 atom stereocenters. The van der Waals surface area contributed by atoms with Crippen molar-refractivity contribution in [1.82, 2.24) is 0 Å². The summed E-state index contributed by atoms with van der Waals surface area (Å²) in [4.78, 5) is 27.4. The lowest BCUT2D eigenvalue weighted by Crippen LogP contribution is -2.20. The quantitative estimate of drug-likeness (QED) is 0.675. The molecule has 4 rings (SSSR count). The lowest BCUT2D eigenvalue weighted by atomic mass is 10.0. The molecule has 2 heterocycles. The van der Waals surface area contributed by atoms with Gasteiger partial charge in [0.15, 0.2) is 0 Å². The molecule has 7 heteroatoms. The van der Waals surface area contributed by atoms with E-state index < -0.39 is 10.8 Å². The highest BCUT2D eigenvalue weighted by atomic mass is 32.2. The number of hydrogen-bond acceptors (Lipinski definition) is 5. The monoisotopic (exact) mass is 325 g/mol. The number of fused-ring (bicyclic) bond motifs is 2. The van der Waals surface area contributed by atoms with Crippen LogP contribution in [0.4, 0.5) is 17.1 Å². The minimum Gasteiger partial charge on any atom is -0.325 e. The number of para-hydroxylation sites is 1. The topological polar surface area (TPSA) is 84.6 Å². The van der Waals surface area contributed by atoms with Crippen LogP contribution in [0.1, 0.15) is 17.0 Å². The van der Waals surface area contributed by atoms with Gasteiger partial charge in [0.1, 0.15) is 5.92 Å². The molecule has 0 saturated heterocycles. The zero-order valence-corrected chi connectivity index (χ0v) is 12.7. The van der Waals surface area contributed by atoms with Gasteiger partial charge in [0.2, 0.25) is 5.91 Å². The second kappa shape index (κ2) is 5.20. The Morgan fingerprint density at radius 3 is 2.91 bits per heavy atom. The first-order valence-electron chi connectivity index (χ1n) is 7.02. The van der Waals surface area contributed by atoms with E-state index in [-0.39, 0.29) is 11.6 Å². The molecule has 6 nitrogen and oxygen atoms in total. The van der Waals surface area contributed by atoms with Gasteiger partial charge in [-0.05, 0) is 23.3 Å². The highest BCUT2D eigenvalue weighted by Gasteiger charge is 2.36. The molecule has 1 amide bonds. The van der Waals surface area contributed by atoms with E-state index in [4.69, 9.17) is 0 Å². The van der Waals surface area contributed by atoms with E-state index >= 15 is 0 Å². The molecule has 0 bridgehead atoms. The molecule has 23 heavy (non-hydrogen) atoms. The highest BCUT2D eigenvalue weighted by Crippen LogP contribution is 2.42. The number of anilines is 1. The summed E-state index contributed by atoms with van der Waals surface area (Å²) in [6.07, 6.45) is 0. The molecule has 2 aliphatic rings. The van der Waals surface area contributed by atoms with Gasteiger partial charge >= 0.3 is 0 Å². The SMILES string of the molecule is O=C1Nc2cc([N+](=O)[O-])ccc2C1C1=Nc2ccccc2CS1. The van der Waals surface area contributed by atoms with Gasteiger partial charge in [0.25, 0.3) is 5.69 Å². The van der Waals surface area contributed by atoms with Crippen LogP contribution in [0.3, 0.4) is 0 Å². The minimum absolute atomic E-state index is 0.0340. The number of aliphatic imine (C=N–C) groups is 1. The second-order valence-corrected chi connectivity index (χ2v) is 6.31. The first-order valence-corrected chi connectivity index (χ1v) is 8.00. The van der Waals surface area contributed by atoms with Crippen LogP contribution in [-0.2, 0) is 10.5 Å². The van der Waals surface area contributed by atoms with Crippen molar-refractivity contribution >= 4 is 39.8 Å². The molecule has 114 valence electrons. The summed E-state index contributed by atoms with van der Waals surface area (Å²) >= 11 is 1.54. The summed E-state index contributed by atoms with van der Waals surface area (Å²) in [5.74, 6) is 0.0801. The Labute approximate surface area is 135 Å². The normalized spacial score (nSPS) is 18.7. The molecular weight excluding hydrogens is 314 g/mol. The van der Waals surface area contributed by atoms with Gasteiger partial charge in [0, 0.05) is 17.9 Å². The van der Waals surface area contributed by atoms with E-state index in [1.54, 1.807) is 6.07 Å². The van der Waals surface area contributed by atoms with Crippen LogP contribution in [0.15, 0.2) is 47.5 Å². The number of nitro benzene ring substituents is 1. The Bertz CT molecular complexity index is 879. The van der Waals surface area contributed by atoms with Crippen molar-refractivity contribution in [3.05, 3.63) is 63.7 Å². The lowest BCUT2D eigenvalue weighted by molar-refractivity contribution is -0.384. The number of carbonyl (C=O) groups is 1. The predicted molar refractivity (Wildman–Crippen MR) is 89.3 cm³/mol. The van der Waals surface area contributed by atoms with Crippen LogP contribution in [0.2, 0.25) is 0 Å². The number of nitrogens with zero attached hydrogens (tertiary/aromatic N) is 2. The van der Waals surface area contributed by atoms with Gasteiger partial charge in [-0.3, -0.25) is 14.9 Å². The summed E-state index contributed by atoms with van der Waals surface area (Å²) in [5, 5.41) is 14.3. The van der Waals surface area contributed by atoms with Gasteiger partial charge in [-0.15, -0.1) is 11.8 Å². The average molecular weight is 325 g/mol. The number of nitrogens with one attached hydrogen (secondary N) is 1. The van der Waals surface area contributed by atoms with Crippen LogP contribution >= 0.6 is 11.8 Å². The number of hydrogen-bond donors (Lipinski definition) is 1. The number of carbonyl (C=O) groups excluding carboxylic acids is 1. The van der Waals surface area contributed by atoms with Crippen LogP contribution in [0.25, 0.3) is 0 Å². The Kier molecular flexibility index (Phi) is 3.16. The molecule has 1 N–H and O–H groups in total. The third-order valence-corrected chi connectivity index (χ3v) is 5.00. The molecule has 0 spiro atoms. The molecule has 0 fully saturated rings. The minimum atomic E-state index is -0.496. The number of nitro groups is 1. The second-order valence-electron chi connectivity index (χ2n) is 5.32. The predicted octanol–water partition coefficient (Wildman–Crippen LogP) is 3.61. The summed E-state index contributed by atoms with van der Waals surface area (Å²) in [5.41, 5.74) is 3.23. The van der Waals surface area contributed by atoms with E-state index in [1.165, 1.54) is 23.9 Å². The van der Waals surface area contributed by atoms with Crippen LogP contribution < -0.4 is 5.32 Å². The molecule has 0 radical (unpaired) electrons. The molecule has 2 aromatic carbocycles. The number of benzene rings is 2. The molecule has 2 aliphatic heterocycles. The molecule has 2 aromatic rings. The third kappa shape index (κ3) is 2.29. The molecule has 0 aliphatic carbocycles. The number of rotatable bonds is 2. The zero-order chi connectivity index (χ0) is 16.0. The van der Waals surface area contributed by atoms with Crippen molar-refractivity contribution in [1.29, 1.82) is 0 Å². The zero-order valence-electron chi connectivity index (χ0n) is 11.9. The average Bonchev–Trinajstić information content (AvgIpc) is 2.89. The smallest absolute Gasteiger partial charge is 0.271 e. The maximum absolute atomic E-state index is 12.3. The Balaban J connectivity index is 1.76. The summed E-state index contributed by atoms with van der Waals surface area (Å²) in [6.45, 7) is 0. The Morgan fingerprint density at radius 1 is 1.26 bits per heavy atom. The van der Waals surface area contributed by atoms with Gasteiger partial charge in [-0.2, -0.15) is 0 Å². The van der Waals surface area contributed by atoms with Crippen molar-refractivity contribution in [3.8, 4) is 0 Å². The number of amides is 1. The number of non-ortho nitro benzene ring substituents is 1. The largest absolute Gasteiger partial charge is 0.325 e. The molecular formula is C16H11N3O3S. The summed E-state index contributed by atoms with van der Waals surface area (Å²) < 4.78 is 0. The first kappa shape index (κ1) is 14.0. The van der Waals surface area contributed by atoms with Gasteiger partial charge in [-0.25, -0.2) is 4.99 Å². The van der Waals surface area contributed by atoms with E-state index in [9.17, 15) is 14.9 Å². The molecule has 0 aromatic heterocycles. The lowest BCUT2D eigenvalue weighted by Gasteiger charge is -2.18. The van der Waals surface area contributed by atoms with Crippen LogP contribution in [-0.4, -0.2) is 15.9 Å². The third-order valence-electron chi connectivity index (χ3n) is 3.92. The maximum Gasteiger partial charge on any atom is 0.271 e. The molecule has 1 unspecified atom stereocenters. The number of thioether (sulfide) groups is 1. The fourth-order valence-electron chi connectivity index (χ4n) is 2.80. The van der Waals surface area contributed by atoms with Crippen LogP contribution in [0, 0.1) is 10.1 Å². The van der Waals surface area contributed by atoms with E-state index in [0.29, 0.717) is 5.69 Å². The van der Waals surface area contributed by atoms with Crippen molar-refractivity contribution in [3.63, 3.8) is 0 Å². The summed E-state index contributed by atoms with van der Waals surface area (Å²) in [6, 6.07) is 12.3. The van der Waals surface area contributed by atoms with Gasteiger partial charge < -0.3 is 5.32 Å². The van der Waals surface area contributed by atoms with Crippen LogP contribution in [0.5, 0.6) is 0 Å². The fraction of sp³-hybridized carbons (Fsp3) is 0.125. The molecule has 0 saturated carbocycles. The van der Waals surface area contributed by atoms with E-state index in [0.717, 1.165) is 27.6 Å². The van der Waals surface area contributed by atoms with Crippen molar-refractivity contribution in [2.45, 2.75) is 11.7 Å². The highest BCUT2D eigenvalue weighted by molar-refractivity contribution is 8.13. The fourth-order valence-corrected chi connectivity index (χ4v) is 3.91. The van der Waals surface area contributed by atoms with Crippen molar-refractivity contribution in [2.24, 2.45) is 4.99 Å². The van der Waals surface area contributed by atoms with Crippen molar-refractivity contribution in [2.75, 3.05) is 5.32 Å². The maximum atomic E-state index is 12.3.